The summed E-state index contributed by atoms with van der Waals surface area (Å²) in [7, 11) is -4.05. The molecule has 1 amide bonds. The highest BCUT2D eigenvalue weighted by atomic mass is 32.2. The molecule has 0 aliphatic rings. The van der Waals surface area contributed by atoms with Gasteiger partial charge in [0.05, 0.1) is 0 Å². The minimum Gasteiger partial charge on any atom is -0.480 e. The third kappa shape index (κ3) is 6.04. The molecule has 3 N–H and O–H groups in total. The van der Waals surface area contributed by atoms with Gasteiger partial charge >= 0.3 is 28.0 Å². The van der Waals surface area contributed by atoms with E-state index in [0.717, 1.165) is 11.1 Å². The molecule has 29 heavy (non-hydrogen) atoms. The van der Waals surface area contributed by atoms with E-state index in [1.165, 1.54) is 36.4 Å². The number of aliphatic carboxylic acids is 2. The van der Waals surface area contributed by atoms with Crippen LogP contribution in [0.25, 0.3) is 0 Å². The monoisotopic (exact) mass is 421 g/mol. The van der Waals surface area contributed by atoms with Crippen molar-refractivity contribution in [3.63, 3.8) is 0 Å². The number of hydrogen-bond donors (Lipinski definition) is 3. The first-order valence-corrected chi connectivity index (χ1v) is 9.77. The smallest absolute Gasteiger partial charge is 0.394 e. The van der Waals surface area contributed by atoms with Gasteiger partial charge in [-0.25, -0.2) is 9.59 Å². The van der Waals surface area contributed by atoms with Crippen LogP contribution in [0.15, 0.2) is 47.4 Å². The first-order valence-electron chi connectivity index (χ1n) is 8.36. The molecule has 0 saturated carbocycles. The molecule has 0 saturated heterocycles. The summed E-state index contributed by atoms with van der Waals surface area (Å²) in [4.78, 5) is 33.0. The van der Waals surface area contributed by atoms with Gasteiger partial charge in [-0.2, -0.15) is 8.42 Å². The third-order valence-electron chi connectivity index (χ3n) is 3.85. The highest BCUT2D eigenvalue weighted by molar-refractivity contribution is 7.87. The molecule has 2 aromatic rings. The van der Waals surface area contributed by atoms with Gasteiger partial charge < -0.3 is 19.7 Å². The number of carboxylic acid groups (broad SMARTS) is 2. The van der Waals surface area contributed by atoms with Crippen LogP contribution in [0.5, 0.6) is 5.75 Å². The van der Waals surface area contributed by atoms with Crippen molar-refractivity contribution in [3.05, 3.63) is 59.2 Å². The van der Waals surface area contributed by atoms with E-state index in [1.807, 2.05) is 11.4 Å². The van der Waals surface area contributed by atoms with Crippen LogP contribution < -0.4 is 9.50 Å². The second kappa shape index (κ2) is 8.74. The van der Waals surface area contributed by atoms with Gasteiger partial charge in [-0.05, 0) is 54.8 Å². The lowest BCUT2D eigenvalue weighted by Crippen LogP contribution is -2.45. The molecule has 0 spiro atoms. The molecular weight excluding hydrogens is 402 g/mol. The Morgan fingerprint density at radius 3 is 2.03 bits per heavy atom. The predicted octanol–water partition coefficient (Wildman–Crippen LogP) is 1.27. The zero-order valence-electron chi connectivity index (χ0n) is 15.6. The fourth-order valence-corrected chi connectivity index (χ4v) is 3.71. The van der Waals surface area contributed by atoms with Gasteiger partial charge in [-0.15, -0.1) is 0 Å². The SMILES string of the molecule is Cc1cc(C)cc(S(=O)(=O)Oc2ccc(C[C@@H](NC(=O)C(=O)O)C(=O)O)cc2)c1. The number of amides is 1. The summed E-state index contributed by atoms with van der Waals surface area (Å²) in [6.07, 6.45) is -0.196. The Bertz CT molecular complexity index is 1020. The van der Waals surface area contributed by atoms with Crippen molar-refractivity contribution in [2.75, 3.05) is 0 Å². The van der Waals surface area contributed by atoms with Crippen LogP contribution in [-0.4, -0.2) is 42.5 Å². The van der Waals surface area contributed by atoms with E-state index < -0.39 is 34.0 Å². The Kier molecular flexibility index (Phi) is 6.60. The van der Waals surface area contributed by atoms with E-state index in [-0.39, 0.29) is 17.1 Å². The fraction of sp³-hybridized carbons (Fsp3) is 0.211. The van der Waals surface area contributed by atoms with Gasteiger partial charge in [0, 0.05) is 6.42 Å². The normalized spacial score (nSPS) is 12.1. The van der Waals surface area contributed by atoms with E-state index in [1.54, 1.807) is 13.8 Å². The number of rotatable bonds is 7. The van der Waals surface area contributed by atoms with E-state index in [2.05, 4.69) is 0 Å². The van der Waals surface area contributed by atoms with Crippen LogP contribution in [0.3, 0.4) is 0 Å². The standard InChI is InChI=1S/C19H19NO8S/c1-11-7-12(2)9-15(8-11)29(26,27)28-14-5-3-13(4-6-14)10-16(18(22)23)20-17(21)19(24)25/h3-9,16H,10H2,1-2H3,(H,20,21)(H,22,23)(H,24,25)/t16-/m1/s1. The van der Waals surface area contributed by atoms with Crippen LogP contribution in [0, 0.1) is 13.8 Å². The molecular formula is C19H19NO8S. The molecule has 0 radical (unpaired) electrons. The summed E-state index contributed by atoms with van der Waals surface area (Å²) in [5.74, 6) is -4.61. The van der Waals surface area contributed by atoms with Gasteiger partial charge in [0.15, 0.2) is 0 Å². The zero-order valence-corrected chi connectivity index (χ0v) is 16.4. The number of hydrogen-bond acceptors (Lipinski definition) is 6. The Morgan fingerprint density at radius 2 is 1.55 bits per heavy atom. The molecule has 2 aromatic carbocycles. The van der Waals surface area contributed by atoms with Gasteiger partial charge in [-0.3, -0.25) is 4.79 Å². The minimum atomic E-state index is -4.05. The average molecular weight is 421 g/mol. The Hall–Kier alpha value is -3.40. The number of aryl methyl sites for hydroxylation is 2. The number of benzene rings is 2. The summed E-state index contributed by atoms with van der Waals surface area (Å²) in [6.45, 7) is 3.53. The number of carbonyl (C=O) groups is 3. The molecule has 2 rings (SSSR count). The topological polar surface area (TPSA) is 147 Å². The second-order valence-corrected chi connectivity index (χ2v) is 7.92. The molecule has 1 atom stereocenters. The minimum absolute atomic E-state index is 0.0152. The van der Waals surface area contributed by atoms with Crippen molar-refractivity contribution in [2.24, 2.45) is 0 Å². The first-order chi connectivity index (χ1) is 13.5. The molecule has 0 bridgehead atoms. The van der Waals surface area contributed by atoms with Crippen molar-refractivity contribution in [1.29, 1.82) is 0 Å². The van der Waals surface area contributed by atoms with Crippen LogP contribution in [-0.2, 0) is 30.9 Å². The highest BCUT2D eigenvalue weighted by Crippen LogP contribution is 2.21. The van der Waals surface area contributed by atoms with Crippen molar-refractivity contribution >= 4 is 28.0 Å². The maximum atomic E-state index is 12.4. The van der Waals surface area contributed by atoms with Crippen molar-refractivity contribution < 1.29 is 37.2 Å². The Labute approximate surface area is 167 Å². The highest BCUT2D eigenvalue weighted by Gasteiger charge is 2.24. The van der Waals surface area contributed by atoms with Crippen molar-refractivity contribution in [1.82, 2.24) is 5.32 Å². The Morgan fingerprint density at radius 1 is 1.00 bits per heavy atom. The van der Waals surface area contributed by atoms with Gasteiger partial charge in [-0.1, -0.05) is 18.2 Å². The number of carboxylic acids is 2. The molecule has 9 nitrogen and oxygen atoms in total. The lowest BCUT2D eigenvalue weighted by Gasteiger charge is -2.13. The number of carbonyl (C=O) groups excluding carboxylic acids is 1. The molecule has 0 unspecified atom stereocenters. The zero-order chi connectivity index (χ0) is 21.8. The van der Waals surface area contributed by atoms with Gasteiger partial charge in [0.25, 0.3) is 0 Å². The van der Waals surface area contributed by atoms with Crippen molar-refractivity contribution in [3.8, 4) is 5.75 Å². The maximum Gasteiger partial charge on any atom is 0.394 e. The van der Waals surface area contributed by atoms with Crippen LogP contribution in [0.4, 0.5) is 0 Å². The third-order valence-corrected chi connectivity index (χ3v) is 5.08. The predicted molar refractivity (Wildman–Crippen MR) is 101 cm³/mol. The van der Waals surface area contributed by atoms with E-state index in [9.17, 15) is 22.8 Å². The summed E-state index contributed by atoms with van der Waals surface area (Å²) >= 11 is 0. The first kappa shape index (κ1) is 21.9. The van der Waals surface area contributed by atoms with Crippen LogP contribution in [0.2, 0.25) is 0 Å². The summed E-state index contributed by atoms with van der Waals surface area (Å²) in [5.41, 5.74) is 1.97. The lowest BCUT2D eigenvalue weighted by molar-refractivity contribution is -0.152. The summed E-state index contributed by atoms with van der Waals surface area (Å²) < 4.78 is 30.0. The van der Waals surface area contributed by atoms with E-state index >= 15 is 0 Å². The largest absolute Gasteiger partial charge is 0.480 e. The summed E-state index contributed by atoms with van der Waals surface area (Å²) in [5, 5.41) is 19.6. The van der Waals surface area contributed by atoms with Crippen LogP contribution >= 0.6 is 0 Å². The van der Waals surface area contributed by atoms with Gasteiger partial charge in [0.1, 0.15) is 16.7 Å². The maximum absolute atomic E-state index is 12.4. The quantitative estimate of drug-likeness (QED) is 0.447. The van der Waals surface area contributed by atoms with E-state index in [4.69, 9.17) is 14.4 Å². The second-order valence-electron chi connectivity index (χ2n) is 6.38. The average Bonchev–Trinajstić information content (AvgIpc) is 2.61. The molecule has 0 heterocycles. The Balaban J connectivity index is 2.14. The molecule has 0 aliphatic heterocycles. The number of nitrogens with one attached hydrogen (secondary N) is 1. The van der Waals surface area contributed by atoms with E-state index in [0.29, 0.717) is 5.56 Å². The lowest BCUT2D eigenvalue weighted by atomic mass is 10.1. The molecule has 0 fully saturated rings. The fourth-order valence-electron chi connectivity index (χ4n) is 2.59. The van der Waals surface area contributed by atoms with Crippen molar-refractivity contribution in [2.45, 2.75) is 31.2 Å². The van der Waals surface area contributed by atoms with Gasteiger partial charge in [0.2, 0.25) is 0 Å². The summed E-state index contributed by atoms with van der Waals surface area (Å²) in [6, 6.07) is 8.88. The molecule has 154 valence electrons. The molecule has 0 aromatic heterocycles. The van der Waals surface area contributed by atoms with Crippen LogP contribution in [0.1, 0.15) is 16.7 Å². The molecule has 0 aliphatic carbocycles. The molecule has 10 heteroatoms.